The predicted octanol–water partition coefficient (Wildman–Crippen LogP) is 0.646. The number of amides is 1. The van der Waals surface area contributed by atoms with Gasteiger partial charge in [0.1, 0.15) is 0 Å². The number of benzene rings is 1. The molecule has 0 bridgehead atoms. The minimum atomic E-state index is -1.00. The molecular weight excluding hydrogens is 321 g/mol. The number of ether oxygens (including phenoxy) is 1. The Hall–Kier alpha value is -1.32. The third kappa shape index (κ3) is 1.88. The minimum absolute atomic E-state index is 0.0449. The summed E-state index contributed by atoms with van der Waals surface area (Å²) in [4.78, 5) is 25.0. The molecular formula is C15H17NO3Se. The number of cyclic esters (lactones) is 1. The summed E-state index contributed by atoms with van der Waals surface area (Å²) in [5.74, 6) is -0.557. The van der Waals surface area contributed by atoms with E-state index in [1.807, 2.05) is 44.2 Å². The molecule has 0 saturated carbocycles. The van der Waals surface area contributed by atoms with Crippen molar-refractivity contribution in [3.05, 3.63) is 30.3 Å². The van der Waals surface area contributed by atoms with Crippen LogP contribution in [0.5, 0.6) is 0 Å². The maximum atomic E-state index is 12.5. The van der Waals surface area contributed by atoms with E-state index in [-0.39, 0.29) is 32.8 Å². The SMILES string of the molecule is CC1(C)OC(=O)C2([Se]c3ccccc3)C(=O)NCCC12. The third-order valence-electron chi connectivity index (χ3n) is 4.07. The summed E-state index contributed by atoms with van der Waals surface area (Å²) in [5, 5.41) is 2.86. The van der Waals surface area contributed by atoms with Gasteiger partial charge < -0.3 is 0 Å². The summed E-state index contributed by atoms with van der Waals surface area (Å²) in [6, 6.07) is 9.77. The molecule has 2 heterocycles. The Kier molecular flexibility index (Phi) is 3.14. The Morgan fingerprint density at radius 3 is 2.65 bits per heavy atom. The fourth-order valence-electron chi connectivity index (χ4n) is 3.11. The molecule has 0 radical (unpaired) electrons. The average Bonchev–Trinajstić information content (AvgIpc) is 2.60. The summed E-state index contributed by atoms with van der Waals surface area (Å²) in [6.45, 7) is 4.45. The first kappa shape index (κ1) is 13.7. The van der Waals surface area contributed by atoms with Crippen molar-refractivity contribution in [2.75, 3.05) is 6.54 Å². The van der Waals surface area contributed by atoms with Gasteiger partial charge in [-0.1, -0.05) is 0 Å². The van der Waals surface area contributed by atoms with Gasteiger partial charge in [0, 0.05) is 0 Å². The van der Waals surface area contributed by atoms with Crippen LogP contribution < -0.4 is 9.78 Å². The Bertz CT molecular complexity index is 557. The van der Waals surface area contributed by atoms with Crippen LogP contribution in [0, 0.1) is 5.92 Å². The Labute approximate surface area is 124 Å². The number of carbonyl (C=O) groups excluding carboxylic acids is 2. The van der Waals surface area contributed by atoms with E-state index in [1.165, 1.54) is 0 Å². The van der Waals surface area contributed by atoms with Crippen LogP contribution in [0.25, 0.3) is 0 Å². The molecule has 1 aromatic carbocycles. The molecule has 1 aromatic rings. The zero-order valence-electron chi connectivity index (χ0n) is 11.5. The first-order chi connectivity index (χ1) is 9.47. The van der Waals surface area contributed by atoms with Crippen molar-refractivity contribution in [3.8, 4) is 0 Å². The number of carbonyl (C=O) groups is 2. The van der Waals surface area contributed by atoms with Gasteiger partial charge >= 0.3 is 124 Å². The number of hydrogen-bond acceptors (Lipinski definition) is 3. The molecule has 2 atom stereocenters. The number of hydrogen-bond donors (Lipinski definition) is 1. The molecule has 3 rings (SSSR count). The van der Waals surface area contributed by atoms with Gasteiger partial charge in [0.05, 0.1) is 0 Å². The van der Waals surface area contributed by atoms with Crippen molar-refractivity contribution >= 4 is 31.3 Å². The van der Waals surface area contributed by atoms with Crippen molar-refractivity contribution in [2.24, 2.45) is 5.92 Å². The van der Waals surface area contributed by atoms with Crippen LogP contribution in [-0.4, -0.2) is 39.0 Å². The van der Waals surface area contributed by atoms with Crippen LogP contribution >= 0.6 is 0 Å². The van der Waals surface area contributed by atoms with Crippen LogP contribution in [-0.2, 0) is 14.3 Å². The van der Waals surface area contributed by atoms with Gasteiger partial charge in [-0.15, -0.1) is 0 Å². The van der Waals surface area contributed by atoms with E-state index >= 15 is 0 Å². The Morgan fingerprint density at radius 2 is 1.95 bits per heavy atom. The Balaban J connectivity index is 2.05. The second kappa shape index (κ2) is 4.61. The molecule has 0 aliphatic carbocycles. The number of fused-ring (bicyclic) bond motifs is 1. The fraction of sp³-hybridized carbons (Fsp3) is 0.467. The topological polar surface area (TPSA) is 55.4 Å². The van der Waals surface area contributed by atoms with Gasteiger partial charge in [-0.05, 0) is 0 Å². The zero-order chi connectivity index (χ0) is 14.4. The van der Waals surface area contributed by atoms with Crippen molar-refractivity contribution in [3.63, 3.8) is 0 Å². The molecule has 2 aliphatic heterocycles. The monoisotopic (exact) mass is 339 g/mol. The second-order valence-electron chi connectivity index (χ2n) is 5.74. The molecule has 2 unspecified atom stereocenters. The first-order valence-corrected chi connectivity index (χ1v) is 8.44. The van der Waals surface area contributed by atoms with Gasteiger partial charge in [0.2, 0.25) is 0 Å². The van der Waals surface area contributed by atoms with Gasteiger partial charge in [-0.25, -0.2) is 0 Å². The van der Waals surface area contributed by atoms with Gasteiger partial charge in [0.15, 0.2) is 0 Å². The summed E-state index contributed by atoms with van der Waals surface area (Å²) < 4.78 is 5.61. The molecule has 4 nitrogen and oxygen atoms in total. The van der Waals surface area contributed by atoms with Crippen LogP contribution in [0.15, 0.2) is 30.3 Å². The van der Waals surface area contributed by atoms with E-state index in [0.29, 0.717) is 6.54 Å². The number of esters is 1. The molecule has 2 saturated heterocycles. The first-order valence-electron chi connectivity index (χ1n) is 6.72. The molecule has 1 N–H and O–H groups in total. The summed E-state index contributed by atoms with van der Waals surface area (Å²) in [6.07, 6.45) is 0.791. The molecule has 20 heavy (non-hydrogen) atoms. The van der Waals surface area contributed by atoms with Crippen LogP contribution in [0.4, 0.5) is 0 Å². The van der Waals surface area contributed by atoms with E-state index in [9.17, 15) is 9.59 Å². The van der Waals surface area contributed by atoms with Gasteiger partial charge in [0.25, 0.3) is 0 Å². The van der Waals surface area contributed by atoms with E-state index in [2.05, 4.69) is 5.32 Å². The van der Waals surface area contributed by atoms with Gasteiger partial charge in [-0.3, -0.25) is 0 Å². The summed E-state index contributed by atoms with van der Waals surface area (Å²) in [7, 11) is 0. The van der Waals surface area contributed by atoms with Crippen molar-refractivity contribution < 1.29 is 14.3 Å². The van der Waals surface area contributed by atoms with Crippen molar-refractivity contribution in [1.29, 1.82) is 0 Å². The molecule has 2 fully saturated rings. The van der Waals surface area contributed by atoms with Crippen LogP contribution in [0.3, 0.4) is 0 Å². The molecule has 5 heteroatoms. The quantitative estimate of drug-likeness (QED) is 0.489. The number of nitrogens with one attached hydrogen (secondary N) is 1. The van der Waals surface area contributed by atoms with Crippen LogP contribution in [0.1, 0.15) is 20.3 Å². The maximum absolute atomic E-state index is 12.5. The average molecular weight is 338 g/mol. The van der Waals surface area contributed by atoms with E-state index in [1.54, 1.807) is 0 Å². The second-order valence-corrected chi connectivity index (χ2v) is 8.51. The van der Waals surface area contributed by atoms with Crippen molar-refractivity contribution in [2.45, 2.75) is 30.2 Å². The summed E-state index contributed by atoms with van der Waals surface area (Å²) >= 11 is -0.270. The Morgan fingerprint density at radius 1 is 1.25 bits per heavy atom. The van der Waals surface area contributed by atoms with Crippen molar-refractivity contribution in [1.82, 2.24) is 5.32 Å². The third-order valence-corrected chi connectivity index (χ3v) is 7.14. The van der Waals surface area contributed by atoms with Gasteiger partial charge in [-0.2, -0.15) is 0 Å². The van der Waals surface area contributed by atoms with E-state index in [0.717, 1.165) is 10.9 Å². The molecule has 2 aliphatic rings. The number of rotatable bonds is 2. The zero-order valence-corrected chi connectivity index (χ0v) is 13.2. The predicted molar refractivity (Wildman–Crippen MR) is 75.8 cm³/mol. The molecule has 0 aromatic heterocycles. The normalized spacial score (nSPS) is 31.4. The number of piperidine rings is 1. The molecule has 106 valence electrons. The molecule has 0 spiro atoms. The summed E-state index contributed by atoms with van der Waals surface area (Å²) in [5.41, 5.74) is -0.564. The fourth-order valence-corrected chi connectivity index (χ4v) is 6.26. The van der Waals surface area contributed by atoms with Crippen LogP contribution in [0.2, 0.25) is 4.31 Å². The van der Waals surface area contributed by atoms with E-state index in [4.69, 9.17) is 4.74 Å². The standard InChI is InChI=1S/C15H17NO3Se/c1-14(2)11-8-9-16-12(17)15(11,13(18)19-14)20-10-6-4-3-5-7-10/h3-7,11H,8-9H2,1-2H3,(H,16,17). The van der Waals surface area contributed by atoms with E-state index < -0.39 is 9.91 Å². The molecule has 1 amide bonds.